The number of carbonyl (C=O) groups excluding carboxylic acids is 1. The van der Waals surface area contributed by atoms with Crippen molar-refractivity contribution in [2.75, 3.05) is 26.3 Å². The van der Waals surface area contributed by atoms with Crippen LogP contribution in [0.1, 0.15) is 56.3 Å². The Balaban J connectivity index is 1.44. The zero-order valence-electron chi connectivity index (χ0n) is 18.3. The van der Waals surface area contributed by atoms with Gasteiger partial charge in [-0.1, -0.05) is 32.0 Å². The van der Waals surface area contributed by atoms with Crippen LogP contribution in [0.3, 0.4) is 0 Å². The van der Waals surface area contributed by atoms with Crippen molar-refractivity contribution in [1.82, 2.24) is 10.2 Å². The molecule has 2 aromatic carbocycles. The molecule has 166 valence electrons. The van der Waals surface area contributed by atoms with Crippen LogP contribution in [-0.4, -0.2) is 37.1 Å². The van der Waals surface area contributed by atoms with Crippen LogP contribution in [0.2, 0.25) is 0 Å². The first-order chi connectivity index (χ1) is 15.0. The molecule has 0 aromatic heterocycles. The molecule has 1 N–H and O–H groups in total. The number of benzene rings is 2. The Labute approximate surface area is 183 Å². The number of rotatable bonds is 6. The average molecular weight is 427 g/mol. The fourth-order valence-corrected chi connectivity index (χ4v) is 4.49. The highest BCUT2D eigenvalue weighted by atomic mass is 19.1. The van der Waals surface area contributed by atoms with Gasteiger partial charge in [-0.2, -0.15) is 0 Å². The number of hydrogen-bond acceptors (Lipinski definition) is 4. The molecule has 0 radical (unpaired) electrons. The van der Waals surface area contributed by atoms with Crippen LogP contribution in [-0.2, 0) is 4.79 Å². The van der Waals surface area contributed by atoms with Gasteiger partial charge >= 0.3 is 0 Å². The molecule has 0 bridgehead atoms. The fraction of sp³-hybridized carbons (Fsp3) is 0.480. The Morgan fingerprint density at radius 1 is 1.10 bits per heavy atom. The van der Waals surface area contributed by atoms with Crippen molar-refractivity contribution in [3.8, 4) is 11.5 Å². The minimum Gasteiger partial charge on any atom is -0.490 e. The van der Waals surface area contributed by atoms with E-state index in [0.717, 1.165) is 48.4 Å². The van der Waals surface area contributed by atoms with E-state index in [2.05, 4.69) is 24.1 Å². The van der Waals surface area contributed by atoms with Crippen LogP contribution >= 0.6 is 0 Å². The van der Waals surface area contributed by atoms with Crippen LogP contribution in [0.25, 0.3) is 0 Å². The SMILES string of the molecule is CC(C)C(NC(=O)CN1CCCC1c1ccc(F)cc1)c1ccc2c(c1)OCCCO2. The van der Waals surface area contributed by atoms with E-state index in [9.17, 15) is 9.18 Å². The van der Waals surface area contributed by atoms with E-state index < -0.39 is 0 Å². The van der Waals surface area contributed by atoms with Gasteiger partial charge in [0.15, 0.2) is 11.5 Å². The molecule has 1 fully saturated rings. The normalized spacial score (nSPS) is 19.8. The summed E-state index contributed by atoms with van der Waals surface area (Å²) in [6.07, 6.45) is 2.87. The molecular weight excluding hydrogens is 395 g/mol. The first-order valence-electron chi connectivity index (χ1n) is 11.2. The van der Waals surface area contributed by atoms with E-state index in [-0.39, 0.29) is 29.7 Å². The van der Waals surface area contributed by atoms with Gasteiger partial charge in [0.25, 0.3) is 0 Å². The third-order valence-electron chi connectivity index (χ3n) is 6.08. The number of halogens is 1. The Morgan fingerprint density at radius 2 is 1.84 bits per heavy atom. The maximum atomic E-state index is 13.3. The monoisotopic (exact) mass is 426 g/mol. The van der Waals surface area contributed by atoms with Gasteiger partial charge in [0, 0.05) is 12.5 Å². The van der Waals surface area contributed by atoms with E-state index in [1.54, 1.807) is 0 Å². The van der Waals surface area contributed by atoms with Crippen LogP contribution in [0.5, 0.6) is 11.5 Å². The zero-order valence-corrected chi connectivity index (χ0v) is 18.3. The van der Waals surface area contributed by atoms with Crippen molar-refractivity contribution < 1.29 is 18.7 Å². The number of hydrogen-bond donors (Lipinski definition) is 1. The average Bonchev–Trinajstić information content (AvgIpc) is 3.07. The van der Waals surface area contributed by atoms with Crippen LogP contribution in [0.15, 0.2) is 42.5 Å². The lowest BCUT2D eigenvalue weighted by atomic mass is 9.95. The molecule has 2 aliphatic rings. The van der Waals surface area contributed by atoms with Crippen molar-refractivity contribution in [3.05, 3.63) is 59.4 Å². The van der Waals surface area contributed by atoms with E-state index in [1.165, 1.54) is 12.1 Å². The largest absolute Gasteiger partial charge is 0.490 e. The summed E-state index contributed by atoms with van der Waals surface area (Å²) < 4.78 is 24.9. The van der Waals surface area contributed by atoms with Gasteiger partial charge in [-0.15, -0.1) is 0 Å². The third-order valence-corrected chi connectivity index (χ3v) is 6.08. The summed E-state index contributed by atoms with van der Waals surface area (Å²) in [5.74, 6) is 1.49. The summed E-state index contributed by atoms with van der Waals surface area (Å²) in [4.78, 5) is 15.2. The standard InChI is InChI=1S/C25H31FN2O3/c1-17(2)25(19-8-11-22-23(15-19)31-14-4-13-30-22)27-24(29)16-28-12-3-5-21(28)18-6-9-20(26)10-7-18/h6-11,15,17,21,25H,3-5,12-14,16H2,1-2H3,(H,27,29). The van der Waals surface area contributed by atoms with Gasteiger partial charge in [-0.3, -0.25) is 9.69 Å². The Hall–Kier alpha value is -2.60. The van der Waals surface area contributed by atoms with Crippen molar-refractivity contribution in [3.63, 3.8) is 0 Å². The highest BCUT2D eigenvalue weighted by Crippen LogP contribution is 2.35. The van der Waals surface area contributed by atoms with Crippen molar-refractivity contribution >= 4 is 5.91 Å². The second kappa shape index (κ2) is 9.69. The minimum absolute atomic E-state index is 0.000164. The highest BCUT2D eigenvalue weighted by molar-refractivity contribution is 5.78. The molecule has 1 amide bonds. The Kier molecular flexibility index (Phi) is 6.76. The third kappa shape index (κ3) is 5.18. The maximum Gasteiger partial charge on any atom is 0.234 e. The molecule has 0 saturated carbocycles. The molecule has 5 nitrogen and oxygen atoms in total. The lowest BCUT2D eigenvalue weighted by molar-refractivity contribution is -0.123. The number of carbonyl (C=O) groups is 1. The van der Waals surface area contributed by atoms with E-state index >= 15 is 0 Å². The summed E-state index contributed by atoms with van der Waals surface area (Å²) in [6, 6.07) is 12.6. The van der Waals surface area contributed by atoms with Gasteiger partial charge in [-0.05, 0) is 60.7 Å². The summed E-state index contributed by atoms with van der Waals surface area (Å²) in [5.41, 5.74) is 2.08. The number of amides is 1. The minimum atomic E-state index is -0.235. The van der Waals surface area contributed by atoms with Gasteiger partial charge in [0.05, 0.1) is 25.8 Å². The topological polar surface area (TPSA) is 50.8 Å². The first-order valence-corrected chi connectivity index (χ1v) is 11.2. The predicted octanol–water partition coefficient (Wildman–Crippen LogP) is 4.64. The molecule has 0 aliphatic carbocycles. The molecule has 2 atom stereocenters. The molecule has 2 heterocycles. The van der Waals surface area contributed by atoms with Gasteiger partial charge in [-0.25, -0.2) is 4.39 Å². The van der Waals surface area contributed by atoms with E-state index in [0.29, 0.717) is 19.8 Å². The zero-order chi connectivity index (χ0) is 21.8. The lowest BCUT2D eigenvalue weighted by Gasteiger charge is -2.28. The molecular formula is C25H31FN2O3. The lowest BCUT2D eigenvalue weighted by Crippen LogP contribution is -2.40. The molecule has 1 saturated heterocycles. The summed E-state index contributed by atoms with van der Waals surface area (Å²) in [7, 11) is 0. The number of nitrogens with one attached hydrogen (secondary N) is 1. The molecule has 2 aromatic rings. The van der Waals surface area contributed by atoms with Crippen molar-refractivity contribution in [1.29, 1.82) is 0 Å². The van der Waals surface area contributed by atoms with Gasteiger partial charge in [0.1, 0.15) is 5.82 Å². The second-order valence-corrected chi connectivity index (χ2v) is 8.73. The van der Waals surface area contributed by atoms with Crippen LogP contribution in [0, 0.1) is 11.7 Å². The predicted molar refractivity (Wildman–Crippen MR) is 118 cm³/mol. The first kappa shape index (κ1) is 21.6. The molecule has 0 spiro atoms. The number of nitrogens with zero attached hydrogens (tertiary/aromatic N) is 1. The van der Waals surface area contributed by atoms with E-state index in [4.69, 9.17) is 9.47 Å². The smallest absolute Gasteiger partial charge is 0.234 e. The molecule has 4 rings (SSSR count). The van der Waals surface area contributed by atoms with Crippen molar-refractivity contribution in [2.45, 2.75) is 45.2 Å². The van der Waals surface area contributed by atoms with E-state index in [1.807, 2.05) is 30.3 Å². The number of ether oxygens (including phenoxy) is 2. The second-order valence-electron chi connectivity index (χ2n) is 8.73. The molecule has 2 unspecified atom stereocenters. The highest BCUT2D eigenvalue weighted by Gasteiger charge is 2.29. The maximum absolute atomic E-state index is 13.3. The van der Waals surface area contributed by atoms with Crippen LogP contribution in [0.4, 0.5) is 4.39 Å². The van der Waals surface area contributed by atoms with Crippen LogP contribution < -0.4 is 14.8 Å². The van der Waals surface area contributed by atoms with Gasteiger partial charge in [0.2, 0.25) is 5.91 Å². The van der Waals surface area contributed by atoms with Crippen molar-refractivity contribution in [2.24, 2.45) is 5.92 Å². The molecule has 6 heteroatoms. The quantitative estimate of drug-likeness (QED) is 0.731. The summed E-state index contributed by atoms with van der Waals surface area (Å²) >= 11 is 0. The number of likely N-dealkylation sites (tertiary alicyclic amines) is 1. The summed E-state index contributed by atoms with van der Waals surface area (Å²) in [6.45, 7) is 6.69. The molecule has 2 aliphatic heterocycles. The van der Waals surface area contributed by atoms with Gasteiger partial charge < -0.3 is 14.8 Å². The Bertz CT molecular complexity index is 900. The summed E-state index contributed by atoms with van der Waals surface area (Å²) in [5, 5.41) is 3.23. The molecule has 31 heavy (non-hydrogen) atoms. The Morgan fingerprint density at radius 3 is 2.58 bits per heavy atom. The fourth-order valence-electron chi connectivity index (χ4n) is 4.49. The number of fused-ring (bicyclic) bond motifs is 1.